The quantitative estimate of drug-likeness (QED) is 0.180. The molecule has 5 nitrogen and oxygen atoms in total. The average molecular weight is 566 g/mol. The number of rotatable bonds is 12. The van der Waals surface area contributed by atoms with Gasteiger partial charge in [0.05, 0.1) is 25.2 Å². The van der Waals surface area contributed by atoms with Gasteiger partial charge in [0.1, 0.15) is 11.5 Å². The van der Waals surface area contributed by atoms with Crippen molar-refractivity contribution in [3.8, 4) is 22.6 Å². The smallest absolute Gasteiger partial charge is 0.121 e. The van der Waals surface area contributed by atoms with E-state index in [0.29, 0.717) is 11.7 Å². The Morgan fingerprint density at radius 1 is 0.976 bits per heavy atom. The van der Waals surface area contributed by atoms with Crippen molar-refractivity contribution in [2.75, 3.05) is 13.7 Å². The summed E-state index contributed by atoms with van der Waals surface area (Å²) in [5.74, 6) is 1.96. The monoisotopic (exact) mass is 565 g/mol. The first-order valence-corrected chi connectivity index (χ1v) is 15.8. The summed E-state index contributed by atoms with van der Waals surface area (Å²) in [6, 6.07) is 19.8. The number of ether oxygens (including phenoxy) is 1. The predicted octanol–water partition coefficient (Wildman–Crippen LogP) is 8.92. The van der Waals surface area contributed by atoms with Gasteiger partial charge in [0, 0.05) is 19.3 Å². The van der Waals surface area contributed by atoms with E-state index >= 15 is 0 Å². The fourth-order valence-corrected chi connectivity index (χ4v) is 6.73. The van der Waals surface area contributed by atoms with Gasteiger partial charge in [0.15, 0.2) is 0 Å². The number of H-pyrrole nitrogens is 1. The molecule has 1 unspecified atom stereocenters. The van der Waals surface area contributed by atoms with Crippen LogP contribution in [0.1, 0.15) is 91.4 Å². The van der Waals surface area contributed by atoms with E-state index in [-0.39, 0.29) is 6.04 Å². The maximum atomic E-state index is 10.5. The molecular formula is C37H47N3O2. The summed E-state index contributed by atoms with van der Waals surface area (Å²) < 4.78 is 5.40. The van der Waals surface area contributed by atoms with Crippen molar-refractivity contribution in [3.63, 3.8) is 0 Å². The highest BCUT2D eigenvalue weighted by molar-refractivity contribution is 5.66. The second-order valence-electron chi connectivity index (χ2n) is 12.2. The molecule has 1 aromatic heterocycles. The van der Waals surface area contributed by atoms with E-state index in [4.69, 9.17) is 4.74 Å². The molecule has 5 rings (SSSR count). The van der Waals surface area contributed by atoms with Crippen LogP contribution in [0.2, 0.25) is 0 Å². The minimum absolute atomic E-state index is 0.0561. The largest absolute Gasteiger partial charge is 0.507 e. The van der Waals surface area contributed by atoms with Crippen molar-refractivity contribution in [2.45, 2.75) is 84.7 Å². The van der Waals surface area contributed by atoms with Gasteiger partial charge in [-0.25, -0.2) is 4.98 Å². The number of aromatic amines is 1. The maximum Gasteiger partial charge on any atom is 0.121 e. The predicted molar refractivity (Wildman–Crippen MR) is 172 cm³/mol. The van der Waals surface area contributed by atoms with Crippen molar-refractivity contribution < 1.29 is 9.84 Å². The highest BCUT2D eigenvalue weighted by Gasteiger charge is 2.29. The molecule has 42 heavy (non-hydrogen) atoms. The molecule has 1 aliphatic rings. The zero-order valence-corrected chi connectivity index (χ0v) is 25.8. The van der Waals surface area contributed by atoms with Crippen molar-refractivity contribution in [1.82, 2.24) is 14.9 Å². The van der Waals surface area contributed by atoms with Crippen molar-refractivity contribution in [3.05, 3.63) is 101 Å². The van der Waals surface area contributed by atoms with Crippen LogP contribution in [0, 0.1) is 19.8 Å². The molecule has 3 aromatic carbocycles. The number of phenolic OH excluding ortho intramolecular Hbond substituents is 1. The van der Waals surface area contributed by atoms with Crippen LogP contribution < -0.4 is 4.74 Å². The first-order chi connectivity index (χ1) is 20.5. The lowest BCUT2D eigenvalue weighted by Crippen LogP contribution is -2.35. The number of hydrogen-bond acceptors (Lipinski definition) is 4. The molecule has 0 saturated heterocycles. The number of phenols is 1. The molecule has 4 aromatic rings. The van der Waals surface area contributed by atoms with Crippen molar-refractivity contribution in [1.29, 1.82) is 0 Å². The Morgan fingerprint density at radius 3 is 2.33 bits per heavy atom. The summed E-state index contributed by atoms with van der Waals surface area (Å²) in [7, 11) is 1.71. The number of aromatic nitrogens is 2. The average Bonchev–Trinajstić information content (AvgIpc) is 3.54. The Labute approximate surface area is 252 Å². The van der Waals surface area contributed by atoms with Gasteiger partial charge in [0.2, 0.25) is 0 Å². The topological polar surface area (TPSA) is 61.4 Å². The van der Waals surface area contributed by atoms with Crippen LogP contribution in [0.4, 0.5) is 0 Å². The fraction of sp³-hybridized carbons (Fsp3) is 0.432. The number of unbranched alkanes of at least 4 members (excludes halogenated alkanes) is 1. The first-order valence-electron chi connectivity index (χ1n) is 15.8. The van der Waals surface area contributed by atoms with Gasteiger partial charge in [-0.2, -0.15) is 0 Å². The molecule has 222 valence electrons. The number of hydrogen-bond donors (Lipinski definition) is 2. The van der Waals surface area contributed by atoms with Crippen molar-refractivity contribution >= 4 is 0 Å². The van der Waals surface area contributed by atoms with Gasteiger partial charge < -0.3 is 14.8 Å². The van der Waals surface area contributed by atoms with E-state index < -0.39 is 0 Å². The fourth-order valence-electron chi connectivity index (χ4n) is 6.73. The second kappa shape index (κ2) is 14.1. The van der Waals surface area contributed by atoms with E-state index in [9.17, 15) is 5.11 Å². The third-order valence-corrected chi connectivity index (χ3v) is 8.99. The zero-order chi connectivity index (χ0) is 29.5. The number of benzene rings is 3. The molecule has 1 fully saturated rings. The maximum absolute atomic E-state index is 10.5. The highest BCUT2D eigenvalue weighted by Crippen LogP contribution is 2.37. The Hall–Kier alpha value is -3.57. The molecule has 1 heterocycles. The number of methoxy groups -OCH3 is 1. The van der Waals surface area contributed by atoms with Crippen LogP contribution in [0.15, 0.2) is 67.1 Å². The second-order valence-corrected chi connectivity index (χ2v) is 12.2. The Balaban J connectivity index is 1.59. The molecule has 0 radical (unpaired) electrons. The summed E-state index contributed by atoms with van der Waals surface area (Å²) in [6.45, 7) is 8.13. The molecule has 1 saturated carbocycles. The third-order valence-electron chi connectivity index (χ3n) is 8.99. The van der Waals surface area contributed by atoms with Gasteiger partial charge in [-0.1, -0.05) is 75.1 Å². The zero-order valence-electron chi connectivity index (χ0n) is 25.8. The normalized spacial score (nSPS) is 14.8. The molecule has 0 spiro atoms. The number of aromatic hydroxyl groups is 1. The number of nitrogens with zero attached hydrogens (tertiary/aromatic N) is 2. The summed E-state index contributed by atoms with van der Waals surface area (Å²) in [5.41, 5.74) is 9.44. The Morgan fingerprint density at radius 2 is 1.69 bits per heavy atom. The van der Waals surface area contributed by atoms with Gasteiger partial charge in [-0.15, -0.1) is 0 Å². The van der Waals surface area contributed by atoms with Gasteiger partial charge in [-0.05, 0) is 96.5 Å². The highest BCUT2D eigenvalue weighted by atomic mass is 16.5. The molecule has 2 N–H and O–H groups in total. The molecule has 1 aliphatic carbocycles. The minimum atomic E-state index is 0.0561. The lowest BCUT2D eigenvalue weighted by molar-refractivity contribution is 0.157. The lowest BCUT2D eigenvalue weighted by Gasteiger charge is -2.37. The first kappa shape index (κ1) is 29.9. The Bertz CT molecular complexity index is 1400. The minimum Gasteiger partial charge on any atom is -0.507 e. The van der Waals surface area contributed by atoms with Crippen LogP contribution in [-0.4, -0.2) is 33.6 Å². The van der Waals surface area contributed by atoms with Gasteiger partial charge >= 0.3 is 0 Å². The SMILES string of the molecule is CCCCc1cc(-c2ccc(OC)cc2)ccc1C(c1cnc[nH]1)N(Cc1cc(C)c(O)c(C)c1)CC1CCCCC1. The standard InChI is InChI=1S/C37H47N3O2/c1-5-6-12-32-21-31(30-13-16-33(42-4)17-14-30)15-18-34(32)36(35-22-38-25-39-35)40(23-28-10-8-7-9-11-28)24-29-19-26(2)37(41)27(3)20-29/h13-22,25,28,36,41H,5-12,23-24H2,1-4H3,(H,38,39). The van der Waals surface area contributed by atoms with E-state index in [1.165, 1.54) is 59.9 Å². The molecule has 0 aliphatic heterocycles. The van der Waals surface area contributed by atoms with Crippen LogP contribution in [0.25, 0.3) is 11.1 Å². The molecular weight excluding hydrogens is 518 g/mol. The number of aryl methyl sites for hydroxylation is 3. The van der Waals surface area contributed by atoms with Crippen LogP contribution in [0.3, 0.4) is 0 Å². The third kappa shape index (κ3) is 7.07. The molecule has 0 amide bonds. The number of imidazole rings is 1. The summed E-state index contributed by atoms with van der Waals surface area (Å²) >= 11 is 0. The van der Waals surface area contributed by atoms with Crippen LogP contribution >= 0.6 is 0 Å². The molecule has 1 atom stereocenters. The van der Waals surface area contributed by atoms with E-state index in [2.05, 4.69) is 64.3 Å². The molecule has 5 heteroatoms. The van der Waals surface area contributed by atoms with Crippen molar-refractivity contribution in [2.24, 2.45) is 5.92 Å². The number of nitrogens with one attached hydrogen (secondary N) is 1. The summed E-state index contributed by atoms with van der Waals surface area (Å²) in [5, 5.41) is 10.5. The summed E-state index contributed by atoms with van der Waals surface area (Å²) in [4.78, 5) is 10.7. The summed E-state index contributed by atoms with van der Waals surface area (Å²) in [6.07, 6.45) is 13.7. The molecule has 0 bridgehead atoms. The van der Waals surface area contributed by atoms with Gasteiger partial charge in [0.25, 0.3) is 0 Å². The van der Waals surface area contributed by atoms with E-state index in [1.807, 2.05) is 38.5 Å². The van der Waals surface area contributed by atoms with Gasteiger partial charge in [-0.3, -0.25) is 4.90 Å². The Kier molecular flexibility index (Phi) is 10.0. The van der Waals surface area contributed by atoms with E-state index in [1.54, 1.807) is 7.11 Å². The van der Waals surface area contributed by atoms with E-state index in [0.717, 1.165) is 54.9 Å². The van der Waals surface area contributed by atoms with Crippen LogP contribution in [-0.2, 0) is 13.0 Å². The lowest BCUT2D eigenvalue weighted by atomic mass is 9.86. The van der Waals surface area contributed by atoms with Crippen LogP contribution in [0.5, 0.6) is 11.5 Å².